The van der Waals surface area contributed by atoms with Crippen molar-refractivity contribution in [3.05, 3.63) is 75.3 Å². The number of methoxy groups -OCH3 is 1. The van der Waals surface area contributed by atoms with Crippen LogP contribution in [0.1, 0.15) is 27.2 Å². The SMILES string of the molecule is COc1cccc(Oc2ncccc2CNC(=O)c2c(C)c(C)n[nH]c2=O)c1. The van der Waals surface area contributed by atoms with Crippen molar-refractivity contribution in [2.75, 3.05) is 7.11 Å². The molecule has 0 saturated heterocycles. The number of ether oxygens (including phenoxy) is 2. The van der Waals surface area contributed by atoms with Crippen LogP contribution < -0.4 is 20.3 Å². The third-order valence-corrected chi connectivity index (χ3v) is 4.24. The van der Waals surface area contributed by atoms with Crippen LogP contribution in [0.15, 0.2) is 47.4 Å². The zero-order valence-corrected chi connectivity index (χ0v) is 15.8. The van der Waals surface area contributed by atoms with Crippen LogP contribution in [0.3, 0.4) is 0 Å². The number of pyridine rings is 1. The molecule has 0 spiro atoms. The Bertz CT molecular complexity index is 1060. The second kappa shape index (κ2) is 8.34. The number of carbonyl (C=O) groups is 1. The van der Waals surface area contributed by atoms with E-state index in [9.17, 15) is 9.59 Å². The highest BCUT2D eigenvalue weighted by Gasteiger charge is 2.17. The van der Waals surface area contributed by atoms with Gasteiger partial charge < -0.3 is 14.8 Å². The molecule has 0 bridgehead atoms. The molecule has 2 N–H and O–H groups in total. The lowest BCUT2D eigenvalue weighted by Crippen LogP contribution is -2.31. The van der Waals surface area contributed by atoms with Gasteiger partial charge in [0.05, 0.1) is 12.8 Å². The molecular weight excluding hydrogens is 360 g/mol. The number of aromatic amines is 1. The summed E-state index contributed by atoms with van der Waals surface area (Å²) in [6.07, 6.45) is 1.60. The number of aromatic nitrogens is 3. The van der Waals surface area contributed by atoms with E-state index in [0.717, 1.165) is 0 Å². The Morgan fingerprint density at radius 3 is 2.75 bits per heavy atom. The lowest BCUT2D eigenvalue weighted by atomic mass is 10.1. The molecule has 8 nitrogen and oxygen atoms in total. The number of amides is 1. The smallest absolute Gasteiger partial charge is 0.277 e. The van der Waals surface area contributed by atoms with E-state index >= 15 is 0 Å². The molecule has 2 heterocycles. The van der Waals surface area contributed by atoms with E-state index in [1.807, 2.05) is 6.07 Å². The predicted octanol–water partition coefficient (Wildman–Crippen LogP) is 2.51. The van der Waals surface area contributed by atoms with Gasteiger partial charge in [0.25, 0.3) is 11.5 Å². The van der Waals surface area contributed by atoms with E-state index in [1.165, 1.54) is 0 Å². The standard InChI is InChI=1S/C20H20N4O4/c1-12-13(2)23-24-19(26)17(12)18(25)22-11-14-6-5-9-21-20(14)28-16-8-4-7-15(10-16)27-3/h4-10H,11H2,1-3H3,(H,22,25)(H,24,26). The number of nitrogens with one attached hydrogen (secondary N) is 2. The van der Waals surface area contributed by atoms with Crippen LogP contribution in [0.4, 0.5) is 0 Å². The molecular formula is C20H20N4O4. The highest BCUT2D eigenvalue weighted by molar-refractivity contribution is 5.95. The minimum absolute atomic E-state index is 0.0478. The summed E-state index contributed by atoms with van der Waals surface area (Å²) in [5, 5.41) is 8.93. The number of carbonyl (C=O) groups excluding carboxylic acids is 1. The first kappa shape index (κ1) is 19.1. The van der Waals surface area contributed by atoms with Crippen LogP contribution in [0.2, 0.25) is 0 Å². The Balaban J connectivity index is 1.78. The first-order valence-corrected chi connectivity index (χ1v) is 8.59. The van der Waals surface area contributed by atoms with Gasteiger partial charge in [0.15, 0.2) is 0 Å². The molecule has 3 rings (SSSR count). The predicted molar refractivity (Wildman–Crippen MR) is 103 cm³/mol. The Morgan fingerprint density at radius 1 is 1.18 bits per heavy atom. The highest BCUT2D eigenvalue weighted by Crippen LogP contribution is 2.26. The van der Waals surface area contributed by atoms with E-state index in [4.69, 9.17) is 9.47 Å². The summed E-state index contributed by atoms with van der Waals surface area (Å²) in [4.78, 5) is 28.8. The summed E-state index contributed by atoms with van der Waals surface area (Å²) >= 11 is 0. The Kier molecular flexibility index (Phi) is 5.69. The van der Waals surface area contributed by atoms with Crippen molar-refractivity contribution in [2.24, 2.45) is 0 Å². The van der Waals surface area contributed by atoms with E-state index in [1.54, 1.807) is 57.5 Å². The molecule has 0 saturated carbocycles. The second-order valence-electron chi connectivity index (χ2n) is 6.07. The third kappa shape index (κ3) is 4.17. The summed E-state index contributed by atoms with van der Waals surface area (Å²) in [7, 11) is 1.57. The van der Waals surface area contributed by atoms with Crippen LogP contribution in [-0.2, 0) is 6.54 Å². The van der Waals surface area contributed by atoms with Gasteiger partial charge in [-0.2, -0.15) is 5.10 Å². The monoisotopic (exact) mass is 380 g/mol. The fourth-order valence-corrected chi connectivity index (χ4v) is 2.59. The molecule has 1 amide bonds. The number of rotatable bonds is 6. The van der Waals surface area contributed by atoms with E-state index < -0.39 is 11.5 Å². The molecule has 0 aliphatic carbocycles. The van der Waals surface area contributed by atoms with Gasteiger partial charge in [-0.25, -0.2) is 10.1 Å². The van der Waals surface area contributed by atoms with Crippen LogP contribution in [0.25, 0.3) is 0 Å². The van der Waals surface area contributed by atoms with Crippen LogP contribution >= 0.6 is 0 Å². The van der Waals surface area contributed by atoms with Crippen molar-refractivity contribution in [2.45, 2.75) is 20.4 Å². The van der Waals surface area contributed by atoms with Crippen molar-refractivity contribution in [3.63, 3.8) is 0 Å². The number of hydrogen-bond donors (Lipinski definition) is 2. The number of benzene rings is 1. The fraction of sp³-hybridized carbons (Fsp3) is 0.200. The minimum Gasteiger partial charge on any atom is -0.497 e. The summed E-state index contributed by atoms with van der Waals surface area (Å²) in [5.74, 6) is 1.08. The minimum atomic E-state index is -0.528. The fourth-order valence-electron chi connectivity index (χ4n) is 2.59. The molecule has 28 heavy (non-hydrogen) atoms. The van der Waals surface area contributed by atoms with E-state index in [-0.39, 0.29) is 12.1 Å². The van der Waals surface area contributed by atoms with Crippen molar-refractivity contribution in [1.29, 1.82) is 0 Å². The third-order valence-electron chi connectivity index (χ3n) is 4.24. The quantitative estimate of drug-likeness (QED) is 0.681. The summed E-state index contributed by atoms with van der Waals surface area (Å²) < 4.78 is 11.0. The topological polar surface area (TPSA) is 106 Å². The molecule has 0 aliphatic rings. The normalized spacial score (nSPS) is 10.4. The van der Waals surface area contributed by atoms with Gasteiger partial charge in [-0.1, -0.05) is 12.1 Å². The van der Waals surface area contributed by atoms with Crippen molar-refractivity contribution < 1.29 is 14.3 Å². The second-order valence-corrected chi connectivity index (χ2v) is 6.07. The van der Waals surface area contributed by atoms with Crippen LogP contribution in [0, 0.1) is 13.8 Å². The first-order valence-electron chi connectivity index (χ1n) is 8.59. The molecule has 0 unspecified atom stereocenters. The summed E-state index contributed by atoms with van der Waals surface area (Å²) in [5.41, 5.74) is 1.32. The lowest BCUT2D eigenvalue weighted by Gasteiger charge is -2.12. The van der Waals surface area contributed by atoms with Crippen molar-refractivity contribution in [3.8, 4) is 17.4 Å². The van der Waals surface area contributed by atoms with Gasteiger partial charge in [0.2, 0.25) is 5.88 Å². The average Bonchev–Trinajstić information content (AvgIpc) is 2.70. The Labute approximate surface area is 161 Å². The zero-order valence-electron chi connectivity index (χ0n) is 15.8. The Hall–Kier alpha value is -3.68. The maximum atomic E-state index is 12.5. The molecule has 3 aromatic rings. The molecule has 0 radical (unpaired) electrons. The summed E-state index contributed by atoms with van der Waals surface area (Å²) in [6.45, 7) is 3.56. The van der Waals surface area contributed by atoms with Gasteiger partial charge in [-0.05, 0) is 37.6 Å². The molecule has 0 fully saturated rings. The molecule has 0 aliphatic heterocycles. The maximum Gasteiger partial charge on any atom is 0.277 e. The Morgan fingerprint density at radius 2 is 1.96 bits per heavy atom. The average molecular weight is 380 g/mol. The number of hydrogen-bond acceptors (Lipinski definition) is 6. The van der Waals surface area contributed by atoms with E-state index in [2.05, 4.69) is 20.5 Å². The van der Waals surface area contributed by atoms with Gasteiger partial charge in [-0.15, -0.1) is 0 Å². The number of aryl methyl sites for hydroxylation is 1. The van der Waals surface area contributed by atoms with Gasteiger partial charge >= 0.3 is 0 Å². The van der Waals surface area contributed by atoms with Gasteiger partial charge in [0, 0.05) is 24.4 Å². The van der Waals surface area contributed by atoms with Crippen LogP contribution in [0.5, 0.6) is 17.4 Å². The van der Waals surface area contributed by atoms with Crippen molar-refractivity contribution in [1.82, 2.24) is 20.5 Å². The largest absolute Gasteiger partial charge is 0.497 e. The molecule has 2 aromatic heterocycles. The maximum absolute atomic E-state index is 12.5. The van der Waals surface area contributed by atoms with Crippen molar-refractivity contribution >= 4 is 5.91 Å². The molecule has 0 atom stereocenters. The highest BCUT2D eigenvalue weighted by atomic mass is 16.5. The van der Waals surface area contributed by atoms with E-state index in [0.29, 0.717) is 34.2 Å². The zero-order chi connectivity index (χ0) is 20.1. The number of H-pyrrole nitrogens is 1. The van der Waals surface area contributed by atoms with Gasteiger partial charge in [0.1, 0.15) is 17.1 Å². The number of nitrogens with zero attached hydrogens (tertiary/aromatic N) is 2. The lowest BCUT2D eigenvalue weighted by molar-refractivity contribution is 0.0948. The first-order chi connectivity index (χ1) is 13.5. The molecule has 144 valence electrons. The van der Waals surface area contributed by atoms with Gasteiger partial charge in [-0.3, -0.25) is 9.59 Å². The summed E-state index contributed by atoms with van der Waals surface area (Å²) in [6, 6.07) is 10.7. The molecule has 8 heteroatoms. The molecule has 1 aromatic carbocycles. The van der Waals surface area contributed by atoms with Crippen LogP contribution in [-0.4, -0.2) is 28.2 Å².